The molecule has 1 aliphatic rings. The predicted octanol–water partition coefficient (Wildman–Crippen LogP) is 5.83. The molecule has 0 saturated heterocycles. The maximum absolute atomic E-state index is 9.59. The number of para-hydroxylation sites is 1. The van der Waals surface area contributed by atoms with Crippen molar-refractivity contribution in [3.8, 4) is 0 Å². The summed E-state index contributed by atoms with van der Waals surface area (Å²) in [5.41, 5.74) is 1.29. The van der Waals surface area contributed by atoms with Gasteiger partial charge in [0, 0.05) is 18.8 Å². The number of hydrogen-bond acceptors (Lipinski definition) is 1. The minimum atomic E-state index is -0.000531. The van der Waals surface area contributed by atoms with E-state index in [1.807, 2.05) is 0 Å². The lowest BCUT2D eigenvalue weighted by Gasteiger charge is -2.11. The zero-order chi connectivity index (χ0) is 16.3. The number of rotatable bonds is 0. The summed E-state index contributed by atoms with van der Waals surface area (Å²) in [6.45, 7) is 0. The number of nitrogens with zero attached hydrogens (tertiary/aromatic N) is 1. The van der Waals surface area contributed by atoms with Crippen molar-refractivity contribution in [1.29, 1.82) is 0 Å². The lowest BCUT2D eigenvalue weighted by molar-refractivity contribution is 0.146. The van der Waals surface area contributed by atoms with Crippen LogP contribution in [0.1, 0.15) is 70.6 Å². The fourth-order valence-electron chi connectivity index (χ4n) is 3.36. The summed E-state index contributed by atoms with van der Waals surface area (Å²) in [4.78, 5) is 0. The summed E-state index contributed by atoms with van der Waals surface area (Å²) in [6, 6.07) is 10.5. The first-order valence-electron chi connectivity index (χ1n) is 9.45. The molecule has 0 unspecified atom stereocenters. The Balaban J connectivity index is 0.000000172. The van der Waals surface area contributed by atoms with Crippen LogP contribution in [0.3, 0.4) is 0 Å². The van der Waals surface area contributed by atoms with Gasteiger partial charge in [-0.1, -0.05) is 76.0 Å². The van der Waals surface area contributed by atoms with Gasteiger partial charge in [0.1, 0.15) is 0 Å². The number of hydrogen-bond donors (Lipinski definition) is 1. The second kappa shape index (κ2) is 10.5. The first kappa shape index (κ1) is 18.1. The lowest BCUT2D eigenvalue weighted by Crippen LogP contribution is -2.06. The number of aryl methyl sites for hydroxylation is 1. The van der Waals surface area contributed by atoms with Gasteiger partial charge in [0.25, 0.3) is 0 Å². The molecule has 0 bridgehead atoms. The molecular formula is C21H33NO. The van der Waals surface area contributed by atoms with Crippen molar-refractivity contribution < 1.29 is 5.11 Å². The lowest BCUT2D eigenvalue weighted by atomic mass is 10.00. The van der Waals surface area contributed by atoms with Crippen LogP contribution in [-0.4, -0.2) is 15.8 Å². The molecule has 1 fully saturated rings. The smallest absolute Gasteiger partial charge is 0.0540 e. The maximum atomic E-state index is 9.59. The zero-order valence-corrected chi connectivity index (χ0v) is 14.7. The van der Waals surface area contributed by atoms with Gasteiger partial charge in [0.2, 0.25) is 0 Å². The van der Waals surface area contributed by atoms with E-state index in [1.165, 1.54) is 68.7 Å². The van der Waals surface area contributed by atoms with Crippen LogP contribution in [0.25, 0.3) is 10.9 Å². The molecule has 0 aliphatic heterocycles. The van der Waals surface area contributed by atoms with E-state index in [9.17, 15) is 5.11 Å². The molecule has 2 heteroatoms. The van der Waals surface area contributed by atoms with Gasteiger partial charge in [0.05, 0.1) is 6.10 Å². The molecule has 2 aromatic rings. The largest absolute Gasteiger partial charge is 0.393 e. The Morgan fingerprint density at radius 1 is 0.783 bits per heavy atom. The van der Waals surface area contributed by atoms with Gasteiger partial charge in [-0.2, -0.15) is 0 Å². The van der Waals surface area contributed by atoms with Crippen LogP contribution in [0.2, 0.25) is 0 Å². The number of aliphatic hydroxyl groups is 1. The summed E-state index contributed by atoms with van der Waals surface area (Å²) in [5.74, 6) is 0. The third-order valence-electron chi connectivity index (χ3n) is 4.87. The van der Waals surface area contributed by atoms with E-state index in [1.54, 1.807) is 0 Å². The van der Waals surface area contributed by atoms with Crippen molar-refractivity contribution in [3.63, 3.8) is 0 Å². The average molecular weight is 316 g/mol. The van der Waals surface area contributed by atoms with Crippen molar-refractivity contribution in [3.05, 3.63) is 36.5 Å². The summed E-state index contributed by atoms with van der Waals surface area (Å²) >= 11 is 0. The summed E-state index contributed by atoms with van der Waals surface area (Å²) in [6.07, 6.45) is 16.3. The van der Waals surface area contributed by atoms with Gasteiger partial charge in [-0.15, -0.1) is 0 Å². The van der Waals surface area contributed by atoms with Crippen molar-refractivity contribution in [1.82, 2.24) is 4.57 Å². The fraction of sp³-hybridized carbons (Fsp3) is 0.619. The van der Waals surface area contributed by atoms with E-state index < -0.39 is 0 Å². The van der Waals surface area contributed by atoms with Gasteiger partial charge in [-0.05, 0) is 30.4 Å². The van der Waals surface area contributed by atoms with Crippen LogP contribution in [0.5, 0.6) is 0 Å². The Bertz CT molecular complexity index is 534. The second-order valence-electron chi connectivity index (χ2n) is 6.90. The SMILES string of the molecule is Cn1ccc2ccccc21.OC1CCCCCCCCCCC1. The summed E-state index contributed by atoms with van der Waals surface area (Å²) < 4.78 is 2.12. The molecule has 0 atom stereocenters. The van der Waals surface area contributed by atoms with Crippen LogP contribution < -0.4 is 0 Å². The second-order valence-corrected chi connectivity index (χ2v) is 6.90. The Morgan fingerprint density at radius 3 is 1.87 bits per heavy atom. The molecule has 1 N–H and O–H groups in total. The number of benzene rings is 1. The van der Waals surface area contributed by atoms with Gasteiger partial charge in [-0.25, -0.2) is 0 Å². The van der Waals surface area contributed by atoms with Gasteiger partial charge in [0.15, 0.2) is 0 Å². The van der Waals surface area contributed by atoms with E-state index >= 15 is 0 Å². The normalized spacial score (nSPS) is 18.5. The molecule has 1 aliphatic carbocycles. The summed E-state index contributed by atoms with van der Waals surface area (Å²) in [7, 11) is 2.06. The highest BCUT2D eigenvalue weighted by atomic mass is 16.3. The summed E-state index contributed by atoms with van der Waals surface area (Å²) in [5, 5.41) is 10.9. The van der Waals surface area contributed by atoms with Crippen LogP contribution in [0.4, 0.5) is 0 Å². The average Bonchev–Trinajstić information content (AvgIpc) is 2.93. The van der Waals surface area contributed by atoms with Gasteiger partial charge >= 0.3 is 0 Å². The Kier molecular flexibility index (Phi) is 8.24. The van der Waals surface area contributed by atoms with Crippen LogP contribution in [0.15, 0.2) is 36.5 Å². The van der Waals surface area contributed by atoms with E-state index in [2.05, 4.69) is 48.1 Å². The first-order chi connectivity index (χ1) is 11.3. The standard InChI is InChI=1S/C12H24O.C9H9N/c13-12-10-8-6-4-2-1-3-5-7-9-11-12;1-10-7-6-8-4-2-3-5-9(8)10/h12-13H,1-11H2;2-7H,1H3. The van der Waals surface area contributed by atoms with Crippen molar-refractivity contribution >= 4 is 10.9 Å². The van der Waals surface area contributed by atoms with Gasteiger partial charge in [-0.3, -0.25) is 0 Å². The number of fused-ring (bicyclic) bond motifs is 1. The molecule has 1 aromatic carbocycles. The highest BCUT2D eigenvalue weighted by molar-refractivity contribution is 5.79. The van der Waals surface area contributed by atoms with Gasteiger partial charge < -0.3 is 9.67 Å². The van der Waals surface area contributed by atoms with Crippen LogP contribution in [-0.2, 0) is 7.05 Å². The molecule has 128 valence electrons. The van der Waals surface area contributed by atoms with Crippen molar-refractivity contribution in [2.45, 2.75) is 76.7 Å². The van der Waals surface area contributed by atoms with E-state index in [4.69, 9.17) is 0 Å². The number of aromatic nitrogens is 1. The van der Waals surface area contributed by atoms with E-state index in [0.717, 1.165) is 12.8 Å². The molecule has 3 rings (SSSR count). The molecule has 0 amide bonds. The molecule has 1 heterocycles. The third kappa shape index (κ3) is 6.78. The van der Waals surface area contributed by atoms with Crippen LogP contribution in [0, 0.1) is 0 Å². The molecular weight excluding hydrogens is 282 g/mol. The quantitative estimate of drug-likeness (QED) is 0.650. The predicted molar refractivity (Wildman–Crippen MR) is 99.7 cm³/mol. The Hall–Kier alpha value is -1.28. The maximum Gasteiger partial charge on any atom is 0.0540 e. The Morgan fingerprint density at radius 2 is 1.30 bits per heavy atom. The minimum absolute atomic E-state index is 0.000531. The monoisotopic (exact) mass is 315 g/mol. The third-order valence-corrected chi connectivity index (χ3v) is 4.87. The number of aliphatic hydroxyl groups excluding tert-OH is 1. The molecule has 23 heavy (non-hydrogen) atoms. The molecule has 2 nitrogen and oxygen atoms in total. The topological polar surface area (TPSA) is 25.2 Å². The van der Waals surface area contributed by atoms with Crippen molar-refractivity contribution in [2.24, 2.45) is 7.05 Å². The van der Waals surface area contributed by atoms with E-state index in [-0.39, 0.29) is 6.10 Å². The minimum Gasteiger partial charge on any atom is -0.393 e. The highest BCUT2D eigenvalue weighted by Crippen LogP contribution is 2.16. The molecule has 1 aromatic heterocycles. The first-order valence-corrected chi connectivity index (χ1v) is 9.45. The Labute approximate surface area is 141 Å². The van der Waals surface area contributed by atoms with E-state index in [0.29, 0.717) is 0 Å². The fourth-order valence-corrected chi connectivity index (χ4v) is 3.36. The molecule has 0 spiro atoms. The molecule has 1 saturated carbocycles. The highest BCUT2D eigenvalue weighted by Gasteiger charge is 2.04. The van der Waals surface area contributed by atoms with Crippen molar-refractivity contribution in [2.75, 3.05) is 0 Å². The zero-order valence-electron chi connectivity index (χ0n) is 14.7. The van der Waals surface area contributed by atoms with Crippen LogP contribution >= 0.6 is 0 Å². The molecule has 0 radical (unpaired) electrons.